The minimum absolute atomic E-state index is 0. The van der Waals surface area contributed by atoms with Crippen molar-refractivity contribution in [2.45, 2.75) is 12.0 Å². The maximum absolute atomic E-state index is 10.1. The largest absolute Gasteiger partial charge is 0.481 e. The van der Waals surface area contributed by atoms with E-state index in [-0.39, 0.29) is 29.6 Å². The molecule has 0 aliphatic rings. The number of aliphatic hydroxyl groups is 1. The van der Waals surface area contributed by atoms with Gasteiger partial charge in [0.1, 0.15) is 0 Å². The molecule has 0 bridgehead atoms. The van der Waals surface area contributed by atoms with Gasteiger partial charge in [-0.1, -0.05) is 0 Å². The quantitative estimate of drug-likeness (QED) is 0.305. The second-order valence-corrected chi connectivity index (χ2v) is 2.04. The molecule has 0 heterocycles. The van der Waals surface area contributed by atoms with E-state index >= 15 is 0 Å². The number of hydrogen-bond acceptors (Lipinski definition) is 4. The first-order valence-electron chi connectivity index (χ1n) is 2.71. The first-order valence-corrected chi connectivity index (χ1v) is 2.71. The topological polar surface area (TPSA) is 132 Å². The predicted molar refractivity (Wildman–Crippen MR) is 38.2 cm³/mol. The number of carboxylic acid groups (broad SMARTS) is 3. The average molecular weight is 201 g/mol. The molecule has 7 nitrogen and oxygen atoms in total. The van der Waals surface area contributed by atoms with Gasteiger partial charge in [0.2, 0.25) is 0 Å². The van der Waals surface area contributed by atoms with Crippen LogP contribution in [0.5, 0.6) is 0 Å². The monoisotopic (exact) mass is 201 g/mol. The first-order chi connectivity index (χ1) is 5.30. The number of aliphatic carboxylic acids is 3. The Morgan fingerprint density at radius 2 is 1.31 bits per heavy atom. The van der Waals surface area contributed by atoms with E-state index in [1.807, 2.05) is 0 Å². The molecule has 0 aromatic rings. The standard InChI is InChI=1S/C5H6O7.Na/c6-2(7)1-5(12,3(8)9)4(10)11;/h12H,1H2,(H,6,7)(H,8,9)(H,10,11);. The summed E-state index contributed by atoms with van der Waals surface area (Å²) in [4.78, 5) is 30.1. The van der Waals surface area contributed by atoms with E-state index in [0.29, 0.717) is 0 Å². The molecule has 0 spiro atoms. The molecule has 8 heteroatoms. The average Bonchev–Trinajstić information content (AvgIpc) is 1.84. The zero-order valence-corrected chi connectivity index (χ0v) is 8.72. The Bertz CT molecular complexity index is 221. The molecule has 0 unspecified atom stereocenters. The summed E-state index contributed by atoms with van der Waals surface area (Å²) in [5.41, 5.74) is -3.24. The molecule has 13 heavy (non-hydrogen) atoms. The van der Waals surface area contributed by atoms with Crippen molar-refractivity contribution in [1.82, 2.24) is 0 Å². The third-order valence-electron chi connectivity index (χ3n) is 1.11. The summed E-state index contributed by atoms with van der Waals surface area (Å²) < 4.78 is 0. The van der Waals surface area contributed by atoms with Gasteiger partial charge < -0.3 is 20.4 Å². The summed E-state index contributed by atoms with van der Waals surface area (Å²) in [5.74, 6) is -5.91. The third kappa shape index (κ3) is 3.73. The van der Waals surface area contributed by atoms with Gasteiger partial charge in [-0.3, -0.25) is 4.79 Å². The minimum atomic E-state index is -3.24. The molecule has 0 atom stereocenters. The van der Waals surface area contributed by atoms with E-state index in [2.05, 4.69) is 0 Å². The van der Waals surface area contributed by atoms with E-state index in [0.717, 1.165) is 0 Å². The summed E-state index contributed by atoms with van der Waals surface area (Å²) >= 11 is 0. The molecule has 0 amide bonds. The number of hydrogen-bond donors (Lipinski definition) is 4. The maximum atomic E-state index is 10.1. The van der Waals surface area contributed by atoms with Gasteiger partial charge in [-0.25, -0.2) is 9.59 Å². The summed E-state index contributed by atoms with van der Waals surface area (Å²) in [5, 5.41) is 33.1. The van der Waals surface area contributed by atoms with Crippen LogP contribution in [0.1, 0.15) is 6.42 Å². The normalized spacial score (nSPS) is 9.92. The van der Waals surface area contributed by atoms with Gasteiger partial charge in [0.15, 0.2) is 0 Å². The van der Waals surface area contributed by atoms with E-state index in [9.17, 15) is 14.4 Å². The van der Waals surface area contributed by atoms with Gasteiger partial charge in [0.05, 0.1) is 6.42 Å². The first kappa shape index (κ1) is 14.9. The molecule has 0 aliphatic carbocycles. The minimum Gasteiger partial charge on any atom is -0.481 e. The van der Waals surface area contributed by atoms with Gasteiger partial charge in [0, 0.05) is 29.6 Å². The van der Waals surface area contributed by atoms with Crippen molar-refractivity contribution in [2.24, 2.45) is 0 Å². The molecule has 0 aromatic heterocycles. The Hall–Kier alpha value is -0.630. The third-order valence-corrected chi connectivity index (χ3v) is 1.11. The smallest absolute Gasteiger partial charge is 0.348 e. The van der Waals surface area contributed by atoms with Crippen LogP contribution < -0.4 is 0 Å². The fraction of sp³-hybridized carbons (Fsp3) is 0.400. The van der Waals surface area contributed by atoms with Crippen LogP contribution in [0.25, 0.3) is 0 Å². The fourth-order valence-corrected chi connectivity index (χ4v) is 0.462. The SMILES string of the molecule is O=C(O)CC(O)(C(=O)O)C(=O)O.[Na]. The Balaban J connectivity index is 0. The van der Waals surface area contributed by atoms with Crippen molar-refractivity contribution in [3.8, 4) is 0 Å². The zero-order chi connectivity index (χ0) is 9.94. The zero-order valence-electron chi connectivity index (χ0n) is 6.72. The molecule has 0 saturated heterocycles. The van der Waals surface area contributed by atoms with Gasteiger partial charge in [-0.2, -0.15) is 0 Å². The second kappa shape index (κ2) is 5.18. The van der Waals surface area contributed by atoms with Crippen molar-refractivity contribution in [1.29, 1.82) is 0 Å². The molecular weight excluding hydrogens is 195 g/mol. The summed E-state index contributed by atoms with van der Waals surface area (Å²) in [6.45, 7) is 0. The van der Waals surface area contributed by atoms with Gasteiger partial charge in [-0.15, -0.1) is 0 Å². The van der Waals surface area contributed by atoms with E-state index in [1.165, 1.54) is 0 Å². The van der Waals surface area contributed by atoms with Crippen LogP contribution in [0.3, 0.4) is 0 Å². The fourth-order valence-electron chi connectivity index (χ4n) is 0.462. The molecule has 69 valence electrons. The van der Waals surface area contributed by atoms with Crippen LogP contribution in [0.2, 0.25) is 0 Å². The van der Waals surface area contributed by atoms with E-state index in [4.69, 9.17) is 20.4 Å². The summed E-state index contributed by atoms with van der Waals surface area (Å²) in [6.07, 6.45) is -1.38. The van der Waals surface area contributed by atoms with Crippen molar-refractivity contribution in [3.63, 3.8) is 0 Å². The number of carboxylic acids is 3. The van der Waals surface area contributed by atoms with Crippen LogP contribution in [-0.4, -0.2) is 73.5 Å². The predicted octanol–water partition coefficient (Wildman–Crippen LogP) is -2.02. The van der Waals surface area contributed by atoms with Crippen molar-refractivity contribution >= 4 is 47.5 Å². The molecular formula is C5H6NaO7. The summed E-state index contributed by atoms with van der Waals surface area (Å²) in [7, 11) is 0. The Kier molecular flexibility index (Phi) is 5.92. The van der Waals surface area contributed by atoms with Crippen LogP contribution in [0.15, 0.2) is 0 Å². The summed E-state index contributed by atoms with van der Waals surface area (Å²) in [6, 6.07) is 0. The second-order valence-electron chi connectivity index (χ2n) is 2.04. The Labute approximate surface area is 94.3 Å². The number of rotatable bonds is 4. The van der Waals surface area contributed by atoms with Gasteiger partial charge >= 0.3 is 17.9 Å². The molecule has 0 saturated carbocycles. The molecule has 0 aromatic carbocycles. The van der Waals surface area contributed by atoms with Crippen molar-refractivity contribution in [3.05, 3.63) is 0 Å². The molecule has 0 fully saturated rings. The molecule has 0 rings (SSSR count). The van der Waals surface area contributed by atoms with Crippen molar-refractivity contribution in [2.75, 3.05) is 0 Å². The van der Waals surface area contributed by atoms with Crippen LogP contribution in [-0.2, 0) is 14.4 Å². The molecule has 4 N–H and O–H groups in total. The van der Waals surface area contributed by atoms with Gasteiger partial charge in [0.25, 0.3) is 5.60 Å². The Morgan fingerprint density at radius 3 is 1.38 bits per heavy atom. The van der Waals surface area contributed by atoms with Gasteiger partial charge in [-0.05, 0) is 0 Å². The van der Waals surface area contributed by atoms with Crippen LogP contribution in [0.4, 0.5) is 0 Å². The van der Waals surface area contributed by atoms with E-state index < -0.39 is 29.9 Å². The maximum Gasteiger partial charge on any atom is 0.348 e. The van der Waals surface area contributed by atoms with Crippen LogP contribution in [0, 0.1) is 0 Å². The van der Waals surface area contributed by atoms with E-state index in [1.54, 1.807) is 0 Å². The molecule has 1 radical (unpaired) electrons. The number of carbonyl (C=O) groups is 3. The van der Waals surface area contributed by atoms with Crippen LogP contribution >= 0.6 is 0 Å². The van der Waals surface area contributed by atoms with Crippen molar-refractivity contribution < 1.29 is 34.8 Å². The molecule has 0 aliphatic heterocycles. The Morgan fingerprint density at radius 1 is 1.00 bits per heavy atom.